The van der Waals surface area contributed by atoms with E-state index in [0.29, 0.717) is 0 Å². The summed E-state index contributed by atoms with van der Waals surface area (Å²) in [5.74, 6) is -2.60. The SMILES string of the molecule is OC1=CNC=C(O)C(O)=C1O. The van der Waals surface area contributed by atoms with Crippen LogP contribution in [0.5, 0.6) is 0 Å². The Morgan fingerprint density at radius 2 is 1.18 bits per heavy atom. The number of nitrogens with one attached hydrogen (secondary N) is 1. The zero-order valence-electron chi connectivity index (χ0n) is 5.44. The minimum Gasteiger partial charge on any atom is -0.503 e. The average molecular weight is 157 g/mol. The lowest BCUT2D eigenvalue weighted by atomic mass is 10.3. The number of hydrogen-bond donors (Lipinski definition) is 5. The summed E-state index contributed by atoms with van der Waals surface area (Å²) in [6, 6.07) is 0. The highest BCUT2D eigenvalue weighted by molar-refractivity contribution is 5.32. The number of rotatable bonds is 0. The third-order valence-electron chi connectivity index (χ3n) is 1.15. The molecule has 1 aliphatic rings. The summed E-state index contributed by atoms with van der Waals surface area (Å²) in [7, 11) is 0. The van der Waals surface area contributed by atoms with Crippen LogP contribution in [0.1, 0.15) is 0 Å². The van der Waals surface area contributed by atoms with Crippen LogP contribution in [0.15, 0.2) is 35.4 Å². The molecule has 0 bridgehead atoms. The molecule has 1 heterocycles. The van der Waals surface area contributed by atoms with E-state index in [1.54, 1.807) is 0 Å². The smallest absolute Gasteiger partial charge is 0.205 e. The second kappa shape index (κ2) is 2.45. The van der Waals surface area contributed by atoms with Gasteiger partial charge in [0, 0.05) is 12.4 Å². The van der Waals surface area contributed by atoms with Crippen molar-refractivity contribution in [1.82, 2.24) is 5.32 Å². The van der Waals surface area contributed by atoms with Crippen LogP contribution in [-0.4, -0.2) is 20.4 Å². The first kappa shape index (κ1) is 7.33. The lowest BCUT2D eigenvalue weighted by molar-refractivity contribution is 0.263. The van der Waals surface area contributed by atoms with Crippen LogP contribution < -0.4 is 5.32 Å². The molecule has 0 unspecified atom stereocenters. The van der Waals surface area contributed by atoms with Crippen LogP contribution in [0, 0.1) is 0 Å². The fourth-order valence-electron chi connectivity index (χ4n) is 0.579. The monoisotopic (exact) mass is 157 g/mol. The molecule has 0 fully saturated rings. The van der Waals surface area contributed by atoms with Gasteiger partial charge in [0.1, 0.15) is 0 Å². The summed E-state index contributed by atoms with van der Waals surface area (Å²) >= 11 is 0. The lowest BCUT2D eigenvalue weighted by Crippen LogP contribution is -1.95. The minimum atomic E-state index is -0.760. The van der Waals surface area contributed by atoms with Crippen molar-refractivity contribution >= 4 is 0 Å². The van der Waals surface area contributed by atoms with Crippen molar-refractivity contribution in [2.45, 2.75) is 0 Å². The highest BCUT2D eigenvalue weighted by Crippen LogP contribution is 2.14. The summed E-state index contributed by atoms with van der Waals surface area (Å²) in [6.45, 7) is 0. The van der Waals surface area contributed by atoms with Crippen LogP contribution in [0.2, 0.25) is 0 Å². The molecule has 5 N–H and O–H groups in total. The number of hydrogen-bond acceptors (Lipinski definition) is 5. The third kappa shape index (κ3) is 1.21. The second-order valence-corrected chi connectivity index (χ2v) is 1.92. The van der Waals surface area contributed by atoms with Gasteiger partial charge in [0.15, 0.2) is 11.5 Å². The normalized spacial score (nSPS) is 18.2. The Kier molecular flexibility index (Phi) is 1.63. The van der Waals surface area contributed by atoms with E-state index in [9.17, 15) is 0 Å². The van der Waals surface area contributed by atoms with Gasteiger partial charge in [-0.1, -0.05) is 0 Å². The van der Waals surface area contributed by atoms with Crippen LogP contribution in [0.4, 0.5) is 0 Å². The van der Waals surface area contributed by atoms with Crippen molar-refractivity contribution in [2.75, 3.05) is 0 Å². The van der Waals surface area contributed by atoms with E-state index in [2.05, 4.69) is 5.32 Å². The van der Waals surface area contributed by atoms with Gasteiger partial charge >= 0.3 is 0 Å². The van der Waals surface area contributed by atoms with Gasteiger partial charge in [-0.05, 0) is 0 Å². The molecule has 0 spiro atoms. The quantitative estimate of drug-likeness (QED) is 0.357. The molecule has 0 aliphatic carbocycles. The molecule has 0 aromatic rings. The largest absolute Gasteiger partial charge is 0.503 e. The summed E-state index contributed by atoms with van der Waals surface area (Å²) in [5, 5.41) is 37.7. The van der Waals surface area contributed by atoms with Gasteiger partial charge in [0.05, 0.1) is 0 Å². The Hall–Kier alpha value is -1.78. The van der Waals surface area contributed by atoms with Crippen LogP contribution in [-0.2, 0) is 0 Å². The first-order chi connectivity index (χ1) is 5.13. The highest BCUT2D eigenvalue weighted by Gasteiger charge is 2.14. The topological polar surface area (TPSA) is 93.0 Å². The standard InChI is InChI=1S/C6H7NO4/c8-3-1-7-2-4(9)6(11)5(3)10/h1-2,7-11H. The van der Waals surface area contributed by atoms with E-state index in [1.165, 1.54) is 0 Å². The molecular weight excluding hydrogens is 150 g/mol. The Balaban J connectivity index is 3.12. The molecular formula is C6H7NO4. The second-order valence-electron chi connectivity index (χ2n) is 1.92. The van der Waals surface area contributed by atoms with Gasteiger partial charge in [0.25, 0.3) is 0 Å². The van der Waals surface area contributed by atoms with Crippen molar-refractivity contribution in [3.05, 3.63) is 35.4 Å². The van der Waals surface area contributed by atoms with Gasteiger partial charge in [-0.3, -0.25) is 0 Å². The zero-order chi connectivity index (χ0) is 8.43. The molecule has 11 heavy (non-hydrogen) atoms. The predicted octanol–water partition coefficient (Wildman–Crippen LogP) is 0.716. The molecule has 0 aromatic heterocycles. The summed E-state index contributed by atoms with van der Waals surface area (Å²) in [4.78, 5) is 0. The van der Waals surface area contributed by atoms with E-state index < -0.39 is 23.0 Å². The molecule has 0 amide bonds. The maximum atomic E-state index is 8.87. The Morgan fingerprint density at radius 1 is 0.818 bits per heavy atom. The number of aliphatic hydroxyl groups is 4. The summed E-state index contributed by atoms with van der Waals surface area (Å²) in [6.07, 6.45) is 2.05. The predicted molar refractivity (Wildman–Crippen MR) is 36.8 cm³/mol. The van der Waals surface area contributed by atoms with E-state index in [1.807, 2.05) is 0 Å². The van der Waals surface area contributed by atoms with Crippen molar-refractivity contribution in [1.29, 1.82) is 0 Å². The minimum absolute atomic E-state index is 0.539. The molecule has 0 aromatic carbocycles. The number of aliphatic hydroxyl groups excluding tert-OH is 4. The van der Waals surface area contributed by atoms with Crippen molar-refractivity contribution in [3.8, 4) is 0 Å². The van der Waals surface area contributed by atoms with Crippen LogP contribution >= 0.6 is 0 Å². The van der Waals surface area contributed by atoms with Crippen molar-refractivity contribution in [3.63, 3.8) is 0 Å². The Labute approximate surface area is 62.2 Å². The maximum absolute atomic E-state index is 8.87. The van der Waals surface area contributed by atoms with Gasteiger partial charge in [-0.2, -0.15) is 0 Å². The fourth-order valence-corrected chi connectivity index (χ4v) is 0.579. The molecule has 0 saturated carbocycles. The van der Waals surface area contributed by atoms with E-state index in [-0.39, 0.29) is 0 Å². The maximum Gasteiger partial charge on any atom is 0.205 e. The Bertz CT molecular complexity index is 238. The highest BCUT2D eigenvalue weighted by atomic mass is 16.4. The molecule has 1 rings (SSSR count). The van der Waals surface area contributed by atoms with Crippen molar-refractivity contribution < 1.29 is 20.4 Å². The first-order valence-corrected chi connectivity index (χ1v) is 2.80. The lowest BCUT2D eigenvalue weighted by Gasteiger charge is -1.98. The molecule has 5 nitrogen and oxygen atoms in total. The molecule has 0 atom stereocenters. The molecule has 1 aliphatic heterocycles. The van der Waals surface area contributed by atoms with E-state index >= 15 is 0 Å². The van der Waals surface area contributed by atoms with Gasteiger partial charge in [0.2, 0.25) is 11.5 Å². The van der Waals surface area contributed by atoms with Crippen LogP contribution in [0.25, 0.3) is 0 Å². The summed E-state index contributed by atoms with van der Waals surface area (Å²) in [5.41, 5.74) is 0. The van der Waals surface area contributed by atoms with Crippen LogP contribution in [0.3, 0.4) is 0 Å². The van der Waals surface area contributed by atoms with Crippen molar-refractivity contribution in [2.24, 2.45) is 0 Å². The van der Waals surface area contributed by atoms with Gasteiger partial charge in [-0.25, -0.2) is 0 Å². The fraction of sp³-hybridized carbons (Fsp3) is 0. The first-order valence-electron chi connectivity index (χ1n) is 2.80. The molecule has 0 radical (unpaired) electrons. The average Bonchev–Trinajstić information content (AvgIpc) is 2.07. The van der Waals surface area contributed by atoms with E-state index in [4.69, 9.17) is 20.4 Å². The van der Waals surface area contributed by atoms with Gasteiger partial charge in [-0.15, -0.1) is 0 Å². The molecule has 60 valence electrons. The van der Waals surface area contributed by atoms with Gasteiger partial charge < -0.3 is 25.7 Å². The molecule has 5 heteroatoms. The third-order valence-corrected chi connectivity index (χ3v) is 1.15. The zero-order valence-corrected chi connectivity index (χ0v) is 5.44. The van der Waals surface area contributed by atoms with E-state index in [0.717, 1.165) is 12.4 Å². The molecule has 0 saturated heterocycles. The summed E-state index contributed by atoms with van der Waals surface area (Å²) < 4.78 is 0. The Morgan fingerprint density at radius 3 is 1.55 bits per heavy atom.